The Labute approximate surface area is 180 Å². The third kappa shape index (κ3) is 3.30. The molecule has 1 aliphatic heterocycles. The quantitative estimate of drug-likeness (QED) is 0.471. The number of aromatic nitrogens is 4. The molecule has 1 fully saturated rings. The van der Waals surface area contributed by atoms with Gasteiger partial charge in [0.05, 0.1) is 11.8 Å². The SMILES string of the molecule is Cn1c(=O)c2sccc2n2c(CCC(=O)N3CCN(C(=O)c4ccco4)CC3)nnc12. The topological polar surface area (TPSA) is 106 Å². The largest absolute Gasteiger partial charge is 0.459 e. The van der Waals surface area contributed by atoms with Crippen LogP contribution >= 0.6 is 11.3 Å². The van der Waals surface area contributed by atoms with Gasteiger partial charge in [0.2, 0.25) is 11.7 Å². The van der Waals surface area contributed by atoms with Crippen molar-refractivity contribution in [1.29, 1.82) is 0 Å². The summed E-state index contributed by atoms with van der Waals surface area (Å²) >= 11 is 1.38. The highest BCUT2D eigenvalue weighted by molar-refractivity contribution is 7.17. The Morgan fingerprint density at radius 3 is 2.65 bits per heavy atom. The second-order valence-electron chi connectivity index (χ2n) is 7.40. The van der Waals surface area contributed by atoms with Crippen LogP contribution in [0.25, 0.3) is 16.0 Å². The van der Waals surface area contributed by atoms with E-state index in [1.54, 1.807) is 29.0 Å². The average Bonchev–Trinajstić information content (AvgIpc) is 3.55. The summed E-state index contributed by atoms with van der Waals surface area (Å²) in [4.78, 5) is 41.0. The Balaban J connectivity index is 1.26. The minimum atomic E-state index is -0.155. The molecule has 11 heteroatoms. The number of hydrogen-bond donors (Lipinski definition) is 0. The smallest absolute Gasteiger partial charge is 0.289 e. The van der Waals surface area contributed by atoms with Crippen molar-refractivity contribution in [1.82, 2.24) is 29.0 Å². The molecule has 5 heterocycles. The molecule has 0 N–H and O–H groups in total. The molecule has 0 aliphatic carbocycles. The van der Waals surface area contributed by atoms with Crippen LogP contribution < -0.4 is 5.56 Å². The molecule has 0 spiro atoms. The third-order valence-electron chi connectivity index (χ3n) is 5.61. The van der Waals surface area contributed by atoms with Crippen LogP contribution in [0, 0.1) is 0 Å². The first-order chi connectivity index (χ1) is 15.0. The van der Waals surface area contributed by atoms with E-state index >= 15 is 0 Å². The molecule has 0 bridgehead atoms. The van der Waals surface area contributed by atoms with Crippen molar-refractivity contribution in [3.05, 3.63) is 51.8 Å². The molecule has 5 rings (SSSR count). The van der Waals surface area contributed by atoms with Gasteiger partial charge in [0, 0.05) is 46.1 Å². The molecule has 1 aliphatic rings. The lowest BCUT2D eigenvalue weighted by molar-refractivity contribution is -0.132. The number of rotatable bonds is 4. The molecule has 160 valence electrons. The van der Waals surface area contributed by atoms with E-state index in [9.17, 15) is 14.4 Å². The number of amides is 2. The van der Waals surface area contributed by atoms with E-state index in [4.69, 9.17) is 4.42 Å². The summed E-state index contributed by atoms with van der Waals surface area (Å²) in [7, 11) is 1.67. The van der Waals surface area contributed by atoms with Gasteiger partial charge < -0.3 is 14.2 Å². The minimum absolute atomic E-state index is 0.00762. The zero-order valence-electron chi connectivity index (χ0n) is 16.9. The van der Waals surface area contributed by atoms with Gasteiger partial charge in [-0.15, -0.1) is 21.5 Å². The fraction of sp³-hybridized carbons (Fsp3) is 0.350. The Bertz CT molecular complexity index is 1330. The molecule has 0 saturated carbocycles. The van der Waals surface area contributed by atoms with E-state index in [2.05, 4.69) is 10.2 Å². The van der Waals surface area contributed by atoms with Crippen molar-refractivity contribution in [3.63, 3.8) is 0 Å². The molecule has 0 atom stereocenters. The van der Waals surface area contributed by atoms with Crippen molar-refractivity contribution in [2.75, 3.05) is 26.2 Å². The van der Waals surface area contributed by atoms with Gasteiger partial charge >= 0.3 is 0 Å². The number of fused-ring (bicyclic) bond motifs is 3. The number of carbonyl (C=O) groups excluding carboxylic acids is 2. The summed E-state index contributed by atoms with van der Waals surface area (Å²) in [6, 6.07) is 5.20. The van der Waals surface area contributed by atoms with Crippen LogP contribution in [0.3, 0.4) is 0 Å². The zero-order chi connectivity index (χ0) is 21.5. The molecule has 4 aromatic rings. The number of hydrogen-bond acceptors (Lipinski definition) is 7. The Morgan fingerprint density at radius 2 is 1.90 bits per heavy atom. The van der Waals surface area contributed by atoms with Crippen LogP contribution in [-0.2, 0) is 18.3 Å². The predicted molar refractivity (Wildman–Crippen MR) is 113 cm³/mol. The molecule has 10 nitrogen and oxygen atoms in total. The lowest BCUT2D eigenvalue weighted by Crippen LogP contribution is -2.50. The van der Waals surface area contributed by atoms with E-state index in [-0.39, 0.29) is 23.8 Å². The second kappa shape index (κ2) is 7.65. The first-order valence-electron chi connectivity index (χ1n) is 9.95. The molecular weight excluding hydrogens is 420 g/mol. The number of aryl methyl sites for hydroxylation is 2. The summed E-state index contributed by atoms with van der Waals surface area (Å²) in [6.45, 7) is 1.90. The fourth-order valence-corrected chi connectivity index (χ4v) is 4.76. The van der Waals surface area contributed by atoms with E-state index < -0.39 is 0 Å². The van der Waals surface area contributed by atoms with Gasteiger partial charge in [-0.25, -0.2) is 0 Å². The number of piperazine rings is 1. The first-order valence-corrected chi connectivity index (χ1v) is 10.8. The molecule has 0 radical (unpaired) electrons. The lowest BCUT2D eigenvalue weighted by Gasteiger charge is -2.34. The Morgan fingerprint density at radius 1 is 1.13 bits per heavy atom. The number of carbonyl (C=O) groups is 2. The maximum Gasteiger partial charge on any atom is 0.289 e. The summed E-state index contributed by atoms with van der Waals surface area (Å²) < 4.78 is 9.14. The summed E-state index contributed by atoms with van der Waals surface area (Å²) in [5.41, 5.74) is 0.662. The molecule has 0 aromatic carbocycles. The van der Waals surface area contributed by atoms with E-state index in [1.807, 2.05) is 15.8 Å². The van der Waals surface area contributed by atoms with E-state index in [1.165, 1.54) is 22.2 Å². The van der Waals surface area contributed by atoms with Gasteiger partial charge in [-0.2, -0.15) is 0 Å². The maximum absolute atomic E-state index is 12.8. The van der Waals surface area contributed by atoms with Gasteiger partial charge in [0.25, 0.3) is 11.5 Å². The van der Waals surface area contributed by atoms with Gasteiger partial charge in [0.15, 0.2) is 5.76 Å². The first kappa shape index (κ1) is 19.5. The van der Waals surface area contributed by atoms with Crippen LogP contribution in [0.1, 0.15) is 22.8 Å². The van der Waals surface area contributed by atoms with Gasteiger partial charge in [-0.3, -0.25) is 23.4 Å². The van der Waals surface area contributed by atoms with Gasteiger partial charge in [-0.05, 0) is 23.6 Å². The van der Waals surface area contributed by atoms with Crippen molar-refractivity contribution in [2.45, 2.75) is 12.8 Å². The van der Waals surface area contributed by atoms with Crippen molar-refractivity contribution >= 4 is 39.1 Å². The van der Waals surface area contributed by atoms with Crippen LogP contribution in [-0.4, -0.2) is 67.0 Å². The number of nitrogens with zero attached hydrogens (tertiary/aromatic N) is 6. The minimum Gasteiger partial charge on any atom is -0.459 e. The Kier molecular flexibility index (Phi) is 4.81. The molecule has 31 heavy (non-hydrogen) atoms. The highest BCUT2D eigenvalue weighted by atomic mass is 32.1. The van der Waals surface area contributed by atoms with Gasteiger partial charge in [-0.1, -0.05) is 0 Å². The molecule has 1 saturated heterocycles. The van der Waals surface area contributed by atoms with Crippen LogP contribution in [0.5, 0.6) is 0 Å². The predicted octanol–water partition coefficient (Wildman–Crippen LogP) is 1.15. The third-order valence-corrected chi connectivity index (χ3v) is 6.50. The van der Waals surface area contributed by atoms with Crippen LogP contribution in [0.2, 0.25) is 0 Å². The average molecular weight is 440 g/mol. The summed E-state index contributed by atoms with van der Waals surface area (Å²) in [5, 5.41) is 10.3. The molecular formula is C20H20N6O4S. The Hall–Kier alpha value is -3.47. The zero-order valence-corrected chi connectivity index (χ0v) is 17.7. The standard InChI is InChI=1S/C20H20N6O4S/c1-23-19(29)17-13(6-12-31-17)26-15(21-22-20(23)26)4-5-16(27)24-7-9-25(10-8-24)18(28)14-3-2-11-30-14/h2-3,6,11-12H,4-5,7-10H2,1H3. The molecule has 2 amide bonds. The van der Waals surface area contributed by atoms with Crippen molar-refractivity contribution in [2.24, 2.45) is 7.05 Å². The van der Waals surface area contributed by atoms with Crippen molar-refractivity contribution in [3.8, 4) is 0 Å². The maximum atomic E-state index is 12.8. The normalized spacial score (nSPS) is 14.6. The van der Waals surface area contributed by atoms with E-state index in [0.29, 0.717) is 54.7 Å². The van der Waals surface area contributed by atoms with Crippen molar-refractivity contribution < 1.29 is 14.0 Å². The van der Waals surface area contributed by atoms with Crippen LogP contribution in [0.4, 0.5) is 0 Å². The van der Waals surface area contributed by atoms with E-state index in [0.717, 1.165) is 5.52 Å². The summed E-state index contributed by atoms with van der Waals surface area (Å²) in [5.74, 6) is 1.27. The van der Waals surface area contributed by atoms with Gasteiger partial charge in [0.1, 0.15) is 10.5 Å². The number of furan rings is 1. The second-order valence-corrected chi connectivity index (χ2v) is 8.32. The summed E-state index contributed by atoms with van der Waals surface area (Å²) in [6.07, 6.45) is 2.17. The van der Waals surface area contributed by atoms with Crippen LogP contribution in [0.15, 0.2) is 39.1 Å². The monoisotopic (exact) mass is 440 g/mol. The highest BCUT2D eigenvalue weighted by Crippen LogP contribution is 2.20. The fourth-order valence-electron chi connectivity index (χ4n) is 3.91. The highest BCUT2D eigenvalue weighted by Gasteiger charge is 2.26. The molecule has 0 unspecified atom stereocenters. The lowest BCUT2D eigenvalue weighted by atomic mass is 10.2. The molecule has 4 aromatic heterocycles. The number of thiophene rings is 1.